The van der Waals surface area contributed by atoms with Crippen LogP contribution in [-0.2, 0) is 22.4 Å². The van der Waals surface area contributed by atoms with Crippen molar-refractivity contribution in [1.82, 2.24) is 0 Å². The Labute approximate surface area is 154 Å². The molecule has 1 aliphatic rings. The minimum Gasteiger partial charge on any atom is -0.482 e. The number of hydrogen-bond donors (Lipinski definition) is 0. The van der Waals surface area contributed by atoms with E-state index in [9.17, 15) is 9.59 Å². The number of fused-ring (bicyclic) bond motifs is 1. The molecule has 0 bridgehead atoms. The smallest absolute Gasteiger partial charge is 0.344 e. The monoisotopic (exact) mass is 352 g/mol. The Morgan fingerprint density at radius 2 is 1.69 bits per heavy atom. The molecule has 2 aromatic carbocycles. The summed E-state index contributed by atoms with van der Waals surface area (Å²) in [5.41, 5.74) is 5.27. The number of esters is 1. The second-order valence-corrected chi connectivity index (χ2v) is 6.95. The van der Waals surface area contributed by atoms with Crippen LogP contribution >= 0.6 is 0 Å². The van der Waals surface area contributed by atoms with Crippen molar-refractivity contribution in [2.45, 2.75) is 46.1 Å². The molecular formula is C22H24O4. The van der Waals surface area contributed by atoms with Crippen molar-refractivity contribution in [3.63, 3.8) is 0 Å². The largest absolute Gasteiger partial charge is 0.482 e. The topological polar surface area (TPSA) is 52.6 Å². The molecular weight excluding hydrogens is 328 g/mol. The summed E-state index contributed by atoms with van der Waals surface area (Å²) in [5, 5.41) is 0. The molecule has 4 heteroatoms. The fraction of sp³-hybridized carbons (Fsp3) is 0.364. The van der Waals surface area contributed by atoms with Crippen molar-refractivity contribution < 1.29 is 19.1 Å². The first-order valence-electron chi connectivity index (χ1n) is 8.99. The van der Waals surface area contributed by atoms with Gasteiger partial charge in [-0.15, -0.1) is 0 Å². The van der Waals surface area contributed by atoms with E-state index >= 15 is 0 Å². The highest BCUT2D eigenvalue weighted by Gasteiger charge is 2.21. The van der Waals surface area contributed by atoms with Gasteiger partial charge in [0.2, 0.25) is 5.78 Å². The lowest BCUT2D eigenvalue weighted by molar-refractivity contribution is -0.148. The lowest BCUT2D eigenvalue weighted by Crippen LogP contribution is -2.27. The first-order chi connectivity index (χ1) is 12.4. The molecule has 2 aromatic rings. The molecule has 1 atom stereocenters. The third-order valence-corrected chi connectivity index (χ3v) is 4.61. The van der Waals surface area contributed by atoms with Gasteiger partial charge in [-0.05, 0) is 80.5 Å². The molecule has 0 N–H and O–H groups in total. The number of aryl methyl sites for hydroxylation is 4. The Morgan fingerprint density at radius 3 is 2.42 bits per heavy atom. The highest BCUT2D eigenvalue weighted by Crippen LogP contribution is 2.23. The van der Waals surface area contributed by atoms with Crippen LogP contribution in [0.3, 0.4) is 0 Å². The van der Waals surface area contributed by atoms with Crippen molar-refractivity contribution in [3.8, 4) is 5.75 Å². The summed E-state index contributed by atoms with van der Waals surface area (Å²) < 4.78 is 10.7. The number of hydrogen-bond acceptors (Lipinski definition) is 4. The van der Waals surface area contributed by atoms with Crippen molar-refractivity contribution >= 4 is 11.8 Å². The van der Waals surface area contributed by atoms with Gasteiger partial charge in [0, 0.05) is 5.56 Å². The first-order valence-corrected chi connectivity index (χ1v) is 8.99. The molecule has 0 unspecified atom stereocenters. The van der Waals surface area contributed by atoms with E-state index in [0.29, 0.717) is 11.3 Å². The molecule has 0 saturated heterocycles. The summed E-state index contributed by atoms with van der Waals surface area (Å²) in [7, 11) is 0. The fourth-order valence-electron chi connectivity index (χ4n) is 3.40. The van der Waals surface area contributed by atoms with Gasteiger partial charge < -0.3 is 9.47 Å². The number of carbonyl (C=O) groups excluding carboxylic acids is 2. The van der Waals surface area contributed by atoms with Crippen LogP contribution in [0, 0.1) is 13.8 Å². The molecule has 3 rings (SSSR count). The molecule has 0 spiro atoms. The predicted octanol–water partition coefficient (Wildman–Crippen LogP) is 3.99. The zero-order valence-electron chi connectivity index (χ0n) is 15.5. The van der Waals surface area contributed by atoms with Crippen molar-refractivity contribution in [2.75, 3.05) is 6.61 Å². The Morgan fingerprint density at radius 1 is 1.00 bits per heavy atom. The third kappa shape index (κ3) is 4.31. The first kappa shape index (κ1) is 18.2. The molecule has 0 fully saturated rings. The molecule has 0 aromatic heterocycles. The van der Waals surface area contributed by atoms with E-state index in [1.807, 2.05) is 50.2 Å². The molecule has 1 aliphatic carbocycles. The normalized spacial score (nSPS) is 13.8. The van der Waals surface area contributed by atoms with Gasteiger partial charge in [0.25, 0.3) is 0 Å². The fourth-order valence-corrected chi connectivity index (χ4v) is 3.40. The standard InChI is InChI=1S/C22H24O4/c1-14-9-15(2)11-20(10-14)25-13-21(23)26-16(3)22(24)19-8-7-17-5-4-6-18(17)12-19/h7-12,16H,4-6,13H2,1-3H3/t16-/m1/s1. The van der Waals surface area contributed by atoms with Crippen LogP contribution in [0.5, 0.6) is 5.75 Å². The number of ether oxygens (including phenoxy) is 2. The average Bonchev–Trinajstić information content (AvgIpc) is 3.06. The maximum atomic E-state index is 12.5. The van der Waals surface area contributed by atoms with Gasteiger partial charge in [-0.1, -0.05) is 18.2 Å². The van der Waals surface area contributed by atoms with Crippen LogP contribution in [0.15, 0.2) is 36.4 Å². The SMILES string of the molecule is Cc1cc(C)cc(OCC(=O)O[C@H](C)C(=O)c2ccc3c(c2)CCC3)c1. The second-order valence-electron chi connectivity index (χ2n) is 6.95. The van der Waals surface area contributed by atoms with Gasteiger partial charge in [0.05, 0.1) is 0 Å². The Bertz CT molecular complexity index is 818. The van der Waals surface area contributed by atoms with Gasteiger partial charge >= 0.3 is 5.97 Å². The van der Waals surface area contributed by atoms with E-state index in [2.05, 4.69) is 0 Å². The Kier molecular flexibility index (Phi) is 5.40. The van der Waals surface area contributed by atoms with Crippen molar-refractivity contribution in [2.24, 2.45) is 0 Å². The zero-order chi connectivity index (χ0) is 18.7. The number of ketones is 1. The van der Waals surface area contributed by atoms with Crippen LogP contribution in [0.4, 0.5) is 0 Å². The Balaban J connectivity index is 1.55. The second kappa shape index (κ2) is 7.73. The maximum absolute atomic E-state index is 12.5. The minimum atomic E-state index is -0.829. The van der Waals surface area contributed by atoms with E-state index in [0.717, 1.165) is 30.4 Å². The molecule has 0 radical (unpaired) electrons. The van der Waals surface area contributed by atoms with Crippen LogP contribution in [0.2, 0.25) is 0 Å². The molecule has 26 heavy (non-hydrogen) atoms. The van der Waals surface area contributed by atoms with E-state index in [1.54, 1.807) is 6.92 Å². The summed E-state index contributed by atoms with van der Waals surface area (Å²) in [4.78, 5) is 24.5. The van der Waals surface area contributed by atoms with Gasteiger partial charge in [-0.2, -0.15) is 0 Å². The number of benzene rings is 2. The highest BCUT2D eigenvalue weighted by atomic mass is 16.6. The van der Waals surface area contributed by atoms with E-state index in [1.165, 1.54) is 11.1 Å². The molecule has 0 saturated carbocycles. The molecule has 0 amide bonds. The Hall–Kier alpha value is -2.62. The van der Waals surface area contributed by atoms with E-state index < -0.39 is 12.1 Å². The number of rotatable bonds is 6. The zero-order valence-corrected chi connectivity index (χ0v) is 15.5. The number of Topliss-reactive ketones (excluding diaryl/α,β-unsaturated/α-hetero) is 1. The van der Waals surface area contributed by atoms with E-state index in [4.69, 9.17) is 9.47 Å². The van der Waals surface area contributed by atoms with Crippen LogP contribution < -0.4 is 4.74 Å². The molecule has 136 valence electrons. The summed E-state index contributed by atoms with van der Waals surface area (Å²) in [6, 6.07) is 11.5. The van der Waals surface area contributed by atoms with Crippen LogP contribution in [-0.4, -0.2) is 24.5 Å². The lowest BCUT2D eigenvalue weighted by atomic mass is 10.0. The van der Waals surface area contributed by atoms with Gasteiger partial charge in [-0.25, -0.2) is 4.79 Å². The summed E-state index contributed by atoms with van der Waals surface area (Å²) in [6.07, 6.45) is 2.39. The van der Waals surface area contributed by atoms with Gasteiger partial charge in [0.1, 0.15) is 5.75 Å². The summed E-state index contributed by atoms with van der Waals surface area (Å²) in [6.45, 7) is 5.32. The predicted molar refractivity (Wildman–Crippen MR) is 99.8 cm³/mol. The van der Waals surface area contributed by atoms with Gasteiger partial charge in [-0.3, -0.25) is 4.79 Å². The van der Waals surface area contributed by atoms with E-state index in [-0.39, 0.29) is 12.4 Å². The third-order valence-electron chi connectivity index (χ3n) is 4.61. The molecule has 0 aliphatic heterocycles. The molecule has 0 heterocycles. The van der Waals surface area contributed by atoms with Crippen molar-refractivity contribution in [1.29, 1.82) is 0 Å². The summed E-state index contributed by atoms with van der Waals surface area (Å²) in [5.74, 6) is -0.109. The maximum Gasteiger partial charge on any atom is 0.344 e. The average molecular weight is 352 g/mol. The van der Waals surface area contributed by atoms with Crippen molar-refractivity contribution in [3.05, 3.63) is 64.2 Å². The highest BCUT2D eigenvalue weighted by molar-refractivity contribution is 6.00. The minimum absolute atomic E-state index is 0.181. The number of carbonyl (C=O) groups is 2. The quantitative estimate of drug-likeness (QED) is 0.583. The summed E-state index contributed by atoms with van der Waals surface area (Å²) >= 11 is 0. The molecule has 4 nitrogen and oxygen atoms in total. The lowest BCUT2D eigenvalue weighted by Gasteiger charge is -2.14. The van der Waals surface area contributed by atoms with Crippen LogP contribution in [0.1, 0.15) is 46.0 Å². The van der Waals surface area contributed by atoms with Crippen LogP contribution in [0.25, 0.3) is 0 Å². The van der Waals surface area contributed by atoms with Gasteiger partial charge in [0.15, 0.2) is 12.7 Å².